The van der Waals surface area contributed by atoms with Crippen LogP contribution in [0, 0.1) is 0 Å². The van der Waals surface area contributed by atoms with Gasteiger partial charge >= 0.3 is 0 Å². The van der Waals surface area contributed by atoms with Crippen LogP contribution in [0.25, 0.3) is 16.9 Å². The van der Waals surface area contributed by atoms with E-state index in [9.17, 15) is 10.2 Å². The second kappa shape index (κ2) is 7.25. The molecule has 2 heterocycles. The first kappa shape index (κ1) is 17.9. The zero-order chi connectivity index (χ0) is 19.7. The van der Waals surface area contributed by atoms with E-state index in [1.807, 2.05) is 28.8 Å². The maximum absolute atomic E-state index is 10.0. The number of aliphatic imine (C=N–C) groups is 1. The Labute approximate surface area is 166 Å². The molecule has 4 aromatic rings. The molecule has 2 N–H and O–H groups in total. The number of halogens is 1. The van der Waals surface area contributed by atoms with Gasteiger partial charge in [0.1, 0.15) is 17.1 Å². The first-order chi connectivity index (χ1) is 13.6. The molecule has 2 aromatic heterocycles. The fourth-order valence-corrected chi connectivity index (χ4v) is 3.06. The molecule has 2 aromatic carbocycles. The Balaban J connectivity index is 1.89. The van der Waals surface area contributed by atoms with Crippen LogP contribution in [0.15, 0.2) is 65.8 Å². The van der Waals surface area contributed by atoms with Crippen LogP contribution < -0.4 is 4.74 Å². The Bertz CT molecular complexity index is 1200. The van der Waals surface area contributed by atoms with Crippen molar-refractivity contribution in [3.05, 3.63) is 71.4 Å². The normalized spacial score (nSPS) is 11.4. The molecule has 0 aliphatic rings. The Morgan fingerprint density at radius 1 is 1.07 bits per heavy atom. The van der Waals surface area contributed by atoms with Crippen molar-refractivity contribution in [2.75, 3.05) is 7.11 Å². The van der Waals surface area contributed by atoms with Crippen LogP contribution in [-0.4, -0.2) is 32.9 Å². The van der Waals surface area contributed by atoms with Gasteiger partial charge in [0, 0.05) is 28.6 Å². The minimum Gasteiger partial charge on any atom is -0.507 e. The summed E-state index contributed by atoms with van der Waals surface area (Å²) in [6, 6.07) is 15.4. The van der Waals surface area contributed by atoms with Crippen LogP contribution in [0.5, 0.6) is 17.2 Å². The van der Waals surface area contributed by atoms with Crippen molar-refractivity contribution >= 4 is 29.3 Å². The van der Waals surface area contributed by atoms with Gasteiger partial charge in [0.25, 0.3) is 0 Å². The maximum Gasteiger partial charge on any atom is 0.165 e. The van der Waals surface area contributed by atoms with Gasteiger partial charge in [-0.15, -0.1) is 0 Å². The van der Waals surface area contributed by atoms with Gasteiger partial charge in [0.15, 0.2) is 17.3 Å². The zero-order valence-corrected chi connectivity index (χ0v) is 15.6. The summed E-state index contributed by atoms with van der Waals surface area (Å²) in [5, 5.41) is 20.4. The summed E-state index contributed by atoms with van der Waals surface area (Å²) in [5.74, 6) is 1.04. The Morgan fingerprint density at radius 3 is 2.71 bits per heavy atom. The smallest absolute Gasteiger partial charge is 0.165 e. The van der Waals surface area contributed by atoms with Crippen LogP contribution in [0.3, 0.4) is 0 Å². The van der Waals surface area contributed by atoms with Crippen molar-refractivity contribution in [3.63, 3.8) is 0 Å². The second-order valence-electron chi connectivity index (χ2n) is 6.06. The summed E-state index contributed by atoms with van der Waals surface area (Å²) >= 11 is 6.02. The van der Waals surface area contributed by atoms with Gasteiger partial charge in [-0.2, -0.15) is 0 Å². The van der Waals surface area contributed by atoms with Gasteiger partial charge in [0.2, 0.25) is 0 Å². The molecule has 0 bridgehead atoms. The molecule has 0 saturated carbocycles. The highest BCUT2D eigenvalue weighted by molar-refractivity contribution is 6.30. The standard InChI is InChI=1S/C21H16ClN3O3/c1-28-18-11-13(5-7-17(18)27)20-21(25-9-3-2-4-19(25)24-20)23-12-14-10-15(22)6-8-16(14)26/h2-12,26-27H,1H3. The number of aromatic hydroxyl groups is 2. The number of pyridine rings is 1. The predicted octanol–water partition coefficient (Wildman–Crippen LogP) is 4.83. The third-order valence-corrected chi connectivity index (χ3v) is 4.51. The molecule has 0 radical (unpaired) electrons. The number of phenolic OH excluding ortho intramolecular Hbond substituents is 2. The Hall–Kier alpha value is -3.51. The van der Waals surface area contributed by atoms with E-state index >= 15 is 0 Å². The van der Waals surface area contributed by atoms with E-state index in [2.05, 4.69) is 9.98 Å². The van der Waals surface area contributed by atoms with E-state index in [0.717, 1.165) is 5.56 Å². The molecule has 0 fully saturated rings. The average Bonchev–Trinajstić information content (AvgIpc) is 3.07. The third-order valence-electron chi connectivity index (χ3n) is 4.27. The highest BCUT2D eigenvalue weighted by Gasteiger charge is 2.15. The Kier molecular flexibility index (Phi) is 4.63. The fraction of sp³-hybridized carbons (Fsp3) is 0.0476. The van der Waals surface area contributed by atoms with E-state index < -0.39 is 0 Å². The number of aromatic nitrogens is 2. The van der Waals surface area contributed by atoms with Gasteiger partial charge in [-0.05, 0) is 48.5 Å². The molecule has 140 valence electrons. The van der Waals surface area contributed by atoms with Crippen molar-refractivity contribution in [2.24, 2.45) is 4.99 Å². The van der Waals surface area contributed by atoms with Gasteiger partial charge in [-0.1, -0.05) is 17.7 Å². The summed E-state index contributed by atoms with van der Waals surface area (Å²) in [6.45, 7) is 0. The number of rotatable bonds is 4. The minimum absolute atomic E-state index is 0.0453. The number of hydrogen-bond donors (Lipinski definition) is 2. The van der Waals surface area contributed by atoms with Gasteiger partial charge in [0.05, 0.1) is 7.11 Å². The van der Waals surface area contributed by atoms with Gasteiger partial charge < -0.3 is 14.9 Å². The number of nitrogens with zero attached hydrogens (tertiary/aromatic N) is 3. The van der Waals surface area contributed by atoms with Crippen molar-refractivity contribution in [1.82, 2.24) is 9.38 Å². The van der Waals surface area contributed by atoms with Gasteiger partial charge in [-0.25, -0.2) is 9.98 Å². The highest BCUT2D eigenvalue weighted by atomic mass is 35.5. The minimum atomic E-state index is 0.0453. The summed E-state index contributed by atoms with van der Waals surface area (Å²) < 4.78 is 7.05. The largest absolute Gasteiger partial charge is 0.507 e. The summed E-state index contributed by atoms with van der Waals surface area (Å²) in [4.78, 5) is 9.24. The number of imidazole rings is 1. The summed E-state index contributed by atoms with van der Waals surface area (Å²) in [7, 11) is 1.49. The van der Waals surface area contributed by atoms with Crippen LogP contribution in [0.2, 0.25) is 5.02 Å². The number of hydrogen-bond acceptors (Lipinski definition) is 5. The van der Waals surface area contributed by atoms with E-state index in [4.69, 9.17) is 16.3 Å². The molecular formula is C21H16ClN3O3. The van der Waals surface area contributed by atoms with Crippen molar-refractivity contribution in [1.29, 1.82) is 0 Å². The third kappa shape index (κ3) is 3.25. The number of ether oxygens (including phenoxy) is 1. The Morgan fingerprint density at radius 2 is 1.89 bits per heavy atom. The van der Waals surface area contributed by atoms with Crippen LogP contribution >= 0.6 is 11.6 Å². The molecule has 0 spiro atoms. The molecule has 0 saturated heterocycles. The predicted molar refractivity (Wildman–Crippen MR) is 109 cm³/mol. The van der Waals surface area contributed by atoms with Gasteiger partial charge in [-0.3, -0.25) is 4.40 Å². The van der Waals surface area contributed by atoms with E-state index in [1.165, 1.54) is 13.2 Å². The fourth-order valence-electron chi connectivity index (χ4n) is 2.88. The highest BCUT2D eigenvalue weighted by Crippen LogP contribution is 2.36. The average molecular weight is 394 g/mol. The molecule has 0 atom stereocenters. The van der Waals surface area contributed by atoms with Crippen LogP contribution in [0.1, 0.15) is 5.56 Å². The molecule has 6 nitrogen and oxygen atoms in total. The lowest BCUT2D eigenvalue weighted by Crippen LogP contribution is -1.87. The van der Waals surface area contributed by atoms with E-state index in [0.29, 0.717) is 33.5 Å². The SMILES string of the molecule is COc1cc(-c2nc3ccccn3c2N=Cc2cc(Cl)ccc2O)ccc1O. The number of benzene rings is 2. The van der Waals surface area contributed by atoms with Crippen molar-refractivity contribution in [2.45, 2.75) is 0 Å². The lowest BCUT2D eigenvalue weighted by atomic mass is 10.1. The molecule has 4 rings (SSSR count). The summed E-state index contributed by atoms with van der Waals surface area (Å²) in [6.07, 6.45) is 3.40. The first-order valence-corrected chi connectivity index (χ1v) is 8.81. The quantitative estimate of drug-likeness (QED) is 0.487. The molecule has 0 unspecified atom stereocenters. The number of fused-ring (bicyclic) bond motifs is 1. The number of methoxy groups -OCH3 is 1. The molecule has 7 heteroatoms. The second-order valence-corrected chi connectivity index (χ2v) is 6.50. The van der Waals surface area contributed by atoms with E-state index in [-0.39, 0.29) is 11.5 Å². The van der Waals surface area contributed by atoms with Crippen molar-refractivity contribution in [3.8, 4) is 28.5 Å². The number of phenols is 2. The lowest BCUT2D eigenvalue weighted by molar-refractivity contribution is 0.373. The van der Waals surface area contributed by atoms with Crippen LogP contribution in [-0.2, 0) is 0 Å². The monoisotopic (exact) mass is 393 g/mol. The zero-order valence-electron chi connectivity index (χ0n) is 14.9. The van der Waals surface area contributed by atoms with E-state index in [1.54, 1.807) is 36.5 Å². The molecular weight excluding hydrogens is 378 g/mol. The maximum atomic E-state index is 10.0. The first-order valence-electron chi connectivity index (χ1n) is 8.44. The lowest BCUT2D eigenvalue weighted by Gasteiger charge is -2.06. The summed E-state index contributed by atoms with van der Waals surface area (Å²) in [5.41, 5.74) is 2.56. The molecule has 0 aliphatic carbocycles. The topological polar surface area (TPSA) is 79.4 Å². The molecule has 0 amide bonds. The van der Waals surface area contributed by atoms with Crippen LogP contribution in [0.4, 0.5) is 5.82 Å². The van der Waals surface area contributed by atoms with Crippen molar-refractivity contribution < 1.29 is 14.9 Å². The molecule has 0 aliphatic heterocycles. The molecule has 28 heavy (non-hydrogen) atoms.